The van der Waals surface area contributed by atoms with Crippen LogP contribution in [0, 0.1) is 5.82 Å². The van der Waals surface area contributed by atoms with Gasteiger partial charge in [0, 0.05) is 30.8 Å². The molecule has 6 nitrogen and oxygen atoms in total. The number of halogens is 1. The van der Waals surface area contributed by atoms with Gasteiger partial charge < -0.3 is 21.1 Å². The summed E-state index contributed by atoms with van der Waals surface area (Å²) in [7, 11) is 0. The first-order valence-electron chi connectivity index (χ1n) is 7.39. The number of nitrogens with two attached hydrogens (primary N) is 1. The summed E-state index contributed by atoms with van der Waals surface area (Å²) in [5, 5.41) is 13.2. The van der Waals surface area contributed by atoms with Gasteiger partial charge >= 0.3 is 0 Å². The van der Waals surface area contributed by atoms with Crippen molar-refractivity contribution in [2.24, 2.45) is 10.7 Å². The highest BCUT2D eigenvalue weighted by molar-refractivity contribution is 6.37. The number of piperidine rings is 1. The number of carbonyl (C=O) groups is 1. The smallest absolute Gasteiger partial charge is 0.289 e. The van der Waals surface area contributed by atoms with Gasteiger partial charge in [0.25, 0.3) is 5.91 Å². The van der Waals surface area contributed by atoms with E-state index >= 15 is 0 Å². The highest BCUT2D eigenvalue weighted by Crippen LogP contribution is 2.31. The normalized spacial score (nSPS) is 26.0. The number of phenols is 1. The van der Waals surface area contributed by atoms with Crippen LogP contribution in [0.4, 0.5) is 4.39 Å². The summed E-state index contributed by atoms with van der Waals surface area (Å²) in [6.45, 7) is 2.01. The van der Waals surface area contributed by atoms with Crippen LogP contribution >= 0.6 is 0 Å². The molecule has 1 amide bonds. The van der Waals surface area contributed by atoms with Gasteiger partial charge in [0.2, 0.25) is 0 Å². The molecule has 2 atom stereocenters. The largest absolute Gasteiger partial charge is 0.507 e. The number of carbonyl (C=O) groups excluding carboxylic acids is 1. The maximum Gasteiger partial charge on any atom is 0.289 e. The zero-order valence-electron chi connectivity index (χ0n) is 12.1. The fraction of sp³-hybridized carbons (Fsp3) is 0.467. The van der Waals surface area contributed by atoms with E-state index in [1.54, 1.807) is 4.90 Å². The van der Waals surface area contributed by atoms with Crippen molar-refractivity contribution in [3.8, 4) is 5.75 Å². The van der Waals surface area contributed by atoms with E-state index in [-0.39, 0.29) is 23.5 Å². The summed E-state index contributed by atoms with van der Waals surface area (Å²) in [6.07, 6.45) is 1.91. The van der Waals surface area contributed by atoms with Crippen LogP contribution in [-0.4, -0.2) is 47.4 Å². The van der Waals surface area contributed by atoms with E-state index in [2.05, 4.69) is 10.3 Å². The lowest BCUT2D eigenvalue weighted by Gasteiger charge is -2.38. The fourth-order valence-corrected chi connectivity index (χ4v) is 3.06. The number of phenolic OH excluding ortho intramolecular Hbond substituents is 1. The lowest BCUT2D eigenvalue weighted by atomic mass is 10.00. The Labute approximate surface area is 127 Å². The molecule has 7 heteroatoms. The number of amidine groups is 1. The van der Waals surface area contributed by atoms with E-state index < -0.39 is 11.9 Å². The van der Waals surface area contributed by atoms with Gasteiger partial charge in [-0.05, 0) is 25.5 Å². The quantitative estimate of drug-likeness (QED) is 0.743. The van der Waals surface area contributed by atoms with Crippen LogP contribution in [0.1, 0.15) is 24.4 Å². The minimum Gasteiger partial charge on any atom is -0.507 e. The highest BCUT2D eigenvalue weighted by Gasteiger charge is 2.34. The summed E-state index contributed by atoms with van der Waals surface area (Å²) >= 11 is 0. The van der Waals surface area contributed by atoms with E-state index in [9.17, 15) is 14.3 Å². The number of hydrogen-bond acceptors (Lipinski definition) is 5. The van der Waals surface area contributed by atoms with E-state index in [1.807, 2.05) is 0 Å². The average molecular weight is 306 g/mol. The van der Waals surface area contributed by atoms with Crippen LogP contribution in [0.5, 0.6) is 5.75 Å². The van der Waals surface area contributed by atoms with Crippen molar-refractivity contribution >= 4 is 11.7 Å². The van der Waals surface area contributed by atoms with Crippen LogP contribution < -0.4 is 11.1 Å². The van der Waals surface area contributed by atoms with Crippen LogP contribution in [0.2, 0.25) is 0 Å². The number of benzene rings is 1. The Kier molecular flexibility index (Phi) is 3.98. The second kappa shape index (κ2) is 5.92. The van der Waals surface area contributed by atoms with Crippen molar-refractivity contribution in [2.75, 3.05) is 19.6 Å². The molecule has 0 spiro atoms. The summed E-state index contributed by atoms with van der Waals surface area (Å²) < 4.78 is 13.1. The summed E-state index contributed by atoms with van der Waals surface area (Å²) in [5.41, 5.74) is 6.24. The second-order valence-corrected chi connectivity index (χ2v) is 5.69. The maximum absolute atomic E-state index is 13.1. The molecule has 0 bridgehead atoms. The summed E-state index contributed by atoms with van der Waals surface area (Å²) in [4.78, 5) is 18.1. The van der Waals surface area contributed by atoms with Crippen molar-refractivity contribution in [3.05, 3.63) is 29.6 Å². The molecule has 1 fully saturated rings. The lowest BCUT2D eigenvalue weighted by molar-refractivity contribution is -0.127. The average Bonchev–Trinajstić information content (AvgIpc) is 2.51. The molecule has 4 N–H and O–H groups in total. The number of aliphatic imine (C=N–C) groups is 1. The van der Waals surface area contributed by atoms with E-state index in [0.717, 1.165) is 32.0 Å². The van der Waals surface area contributed by atoms with Crippen LogP contribution in [-0.2, 0) is 4.79 Å². The molecule has 118 valence electrons. The number of nitrogens with zero attached hydrogens (tertiary/aromatic N) is 2. The van der Waals surface area contributed by atoms with Gasteiger partial charge in [-0.25, -0.2) is 4.39 Å². The van der Waals surface area contributed by atoms with Crippen molar-refractivity contribution < 1.29 is 14.3 Å². The summed E-state index contributed by atoms with van der Waals surface area (Å²) in [5.74, 6) is -1.02. The van der Waals surface area contributed by atoms with Gasteiger partial charge in [0.05, 0.1) is 6.04 Å². The van der Waals surface area contributed by atoms with Gasteiger partial charge in [0.15, 0.2) is 5.84 Å². The predicted molar refractivity (Wildman–Crippen MR) is 80.0 cm³/mol. The van der Waals surface area contributed by atoms with Gasteiger partial charge in [-0.1, -0.05) is 6.07 Å². The number of nitrogens with one attached hydrogen (secondary N) is 1. The number of rotatable bonds is 2. The van der Waals surface area contributed by atoms with Gasteiger partial charge in [-0.15, -0.1) is 0 Å². The Morgan fingerprint density at radius 1 is 1.45 bits per heavy atom. The minimum atomic E-state index is -0.515. The third-order valence-corrected chi connectivity index (χ3v) is 4.21. The first-order valence-corrected chi connectivity index (χ1v) is 7.39. The SMILES string of the molecule is NC1=N[C@@H](c2ccc(F)cc2O)CN(C2CCCNC2)C1=O. The molecule has 22 heavy (non-hydrogen) atoms. The van der Waals surface area contributed by atoms with Crippen molar-refractivity contribution in [3.63, 3.8) is 0 Å². The lowest BCUT2D eigenvalue weighted by Crippen LogP contribution is -2.55. The highest BCUT2D eigenvalue weighted by atomic mass is 19.1. The molecule has 1 unspecified atom stereocenters. The maximum atomic E-state index is 13.1. The Hall–Kier alpha value is -2.15. The molecule has 1 aromatic rings. The van der Waals surface area contributed by atoms with Crippen molar-refractivity contribution in [1.29, 1.82) is 0 Å². The number of hydrogen-bond donors (Lipinski definition) is 3. The zero-order valence-corrected chi connectivity index (χ0v) is 12.1. The molecule has 1 saturated heterocycles. The molecule has 0 saturated carbocycles. The number of amides is 1. The van der Waals surface area contributed by atoms with E-state index in [4.69, 9.17) is 5.73 Å². The minimum absolute atomic E-state index is 0.0643. The van der Waals surface area contributed by atoms with Crippen molar-refractivity contribution in [2.45, 2.75) is 24.9 Å². The Balaban J connectivity index is 1.88. The third-order valence-electron chi connectivity index (χ3n) is 4.21. The van der Waals surface area contributed by atoms with Crippen LogP contribution in [0.25, 0.3) is 0 Å². The molecule has 0 radical (unpaired) electrons. The number of aromatic hydroxyl groups is 1. The molecule has 0 aromatic heterocycles. The Bertz CT molecular complexity index is 614. The first-order chi connectivity index (χ1) is 10.6. The molecule has 2 heterocycles. The van der Waals surface area contributed by atoms with Crippen molar-refractivity contribution in [1.82, 2.24) is 10.2 Å². The standard InChI is InChI=1S/C15H19FN4O2/c16-9-3-4-11(13(21)6-9)12-8-20(15(22)14(17)19-12)10-2-1-5-18-7-10/h3-4,6,10,12,18,21H,1-2,5,7-8H2,(H2,17,19)/t10?,12-/m1/s1. The second-order valence-electron chi connectivity index (χ2n) is 5.69. The monoisotopic (exact) mass is 306 g/mol. The van der Waals surface area contributed by atoms with Gasteiger partial charge in [0.1, 0.15) is 11.6 Å². The van der Waals surface area contributed by atoms with Crippen LogP contribution in [0.3, 0.4) is 0 Å². The molecular weight excluding hydrogens is 287 g/mol. The predicted octanol–water partition coefficient (Wildman–Crippen LogP) is 0.524. The molecule has 1 aromatic carbocycles. The molecule has 0 aliphatic carbocycles. The molecular formula is C15H19FN4O2. The van der Waals surface area contributed by atoms with Crippen LogP contribution in [0.15, 0.2) is 23.2 Å². The zero-order chi connectivity index (χ0) is 15.7. The summed E-state index contributed by atoms with van der Waals surface area (Å²) in [6, 6.07) is 3.40. The topological polar surface area (TPSA) is 90.9 Å². The van der Waals surface area contributed by atoms with E-state index in [0.29, 0.717) is 12.1 Å². The van der Waals surface area contributed by atoms with E-state index in [1.165, 1.54) is 12.1 Å². The Morgan fingerprint density at radius 3 is 2.95 bits per heavy atom. The third kappa shape index (κ3) is 2.76. The first kappa shape index (κ1) is 14.8. The Morgan fingerprint density at radius 2 is 2.27 bits per heavy atom. The van der Waals surface area contributed by atoms with Gasteiger partial charge in [-0.2, -0.15) is 0 Å². The fourth-order valence-electron chi connectivity index (χ4n) is 3.06. The molecule has 2 aliphatic heterocycles. The van der Waals surface area contributed by atoms with Gasteiger partial charge in [-0.3, -0.25) is 9.79 Å². The molecule has 2 aliphatic rings. The molecule has 3 rings (SSSR count).